The fraction of sp³-hybridized carbons (Fsp3) is 0.286. The predicted molar refractivity (Wildman–Crippen MR) is 72.2 cm³/mol. The van der Waals surface area contributed by atoms with Gasteiger partial charge in [-0.25, -0.2) is 0 Å². The summed E-state index contributed by atoms with van der Waals surface area (Å²) in [5.41, 5.74) is 0.00477. The topological polar surface area (TPSA) is 47.0 Å². The van der Waals surface area contributed by atoms with E-state index >= 15 is 0 Å². The second-order valence-electron chi connectivity index (χ2n) is 4.29. The molecular formula is C14H14F3N3O. The number of benzene rings is 1. The van der Waals surface area contributed by atoms with Crippen LogP contribution in [0.2, 0.25) is 0 Å². The molecule has 0 amide bonds. The van der Waals surface area contributed by atoms with Crippen molar-refractivity contribution in [2.75, 3.05) is 19.0 Å². The Morgan fingerprint density at radius 1 is 1.10 bits per heavy atom. The van der Waals surface area contributed by atoms with E-state index in [1.165, 1.54) is 6.07 Å². The van der Waals surface area contributed by atoms with Crippen LogP contribution in [-0.2, 0) is 12.6 Å². The van der Waals surface area contributed by atoms with Crippen molar-refractivity contribution in [3.8, 4) is 5.75 Å². The Morgan fingerprint density at radius 3 is 2.48 bits per heavy atom. The Kier molecular flexibility index (Phi) is 4.62. The summed E-state index contributed by atoms with van der Waals surface area (Å²) in [6.07, 6.45) is -3.81. The van der Waals surface area contributed by atoms with Crippen molar-refractivity contribution in [1.29, 1.82) is 0 Å². The van der Waals surface area contributed by atoms with Gasteiger partial charge in [0.25, 0.3) is 0 Å². The van der Waals surface area contributed by atoms with Crippen molar-refractivity contribution < 1.29 is 17.9 Å². The molecule has 0 saturated heterocycles. The summed E-state index contributed by atoms with van der Waals surface area (Å²) in [4.78, 5) is 0. The van der Waals surface area contributed by atoms with Gasteiger partial charge in [-0.15, -0.1) is 10.2 Å². The molecule has 1 heterocycles. The van der Waals surface area contributed by atoms with Crippen molar-refractivity contribution in [2.45, 2.75) is 12.6 Å². The summed E-state index contributed by atoms with van der Waals surface area (Å²) >= 11 is 0. The second-order valence-corrected chi connectivity index (χ2v) is 4.29. The summed E-state index contributed by atoms with van der Waals surface area (Å²) in [7, 11) is 1.59. The molecule has 0 unspecified atom stereocenters. The summed E-state index contributed by atoms with van der Waals surface area (Å²) in [6.45, 7) is 0.514. The van der Waals surface area contributed by atoms with E-state index in [1.54, 1.807) is 7.11 Å². The summed E-state index contributed by atoms with van der Waals surface area (Å²) < 4.78 is 42.2. The second kappa shape index (κ2) is 6.43. The molecule has 4 nitrogen and oxygen atoms in total. The lowest BCUT2D eigenvalue weighted by atomic mass is 10.1. The third kappa shape index (κ3) is 4.08. The average molecular weight is 297 g/mol. The number of para-hydroxylation sites is 1. The van der Waals surface area contributed by atoms with Crippen LogP contribution in [0.15, 0.2) is 36.4 Å². The maximum atomic E-state index is 12.3. The smallest absolute Gasteiger partial charge is 0.435 e. The SMILES string of the molecule is COc1ccccc1CCNc1ccc(C(F)(F)F)nn1. The van der Waals surface area contributed by atoms with Crippen molar-refractivity contribution in [3.05, 3.63) is 47.7 Å². The zero-order chi connectivity index (χ0) is 15.3. The van der Waals surface area contributed by atoms with Crippen LogP contribution in [0.4, 0.5) is 19.0 Å². The van der Waals surface area contributed by atoms with Crippen LogP contribution in [0, 0.1) is 0 Å². The highest BCUT2D eigenvalue weighted by atomic mass is 19.4. The zero-order valence-electron chi connectivity index (χ0n) is 11.3. The molecule has 0 aliphatic rings. The Hall–Kier alpha value is -2.31. The number of rotatable bonds is 5. The highest BCUT2D eigenvalue weighted by Gasteiger charge is 2.32. The van der Waals surface area contributed by atoms with Crippen molar-refractivity contribution in [3.63, 3.8) is 0 Å². The molecule has 2 rings (SSSR count). The van der Waals surface area contributed by atoms with Crippen LogP contribution in [0.25, 0.3) is 0 Å². The van der Waals surface area contributed by atoms with Crippen LogP contribution in [-0.4, -0.2) is 23.9 Å². The van der Waals surface area contributed by atoms with E-state index in [9.17, 15) is 13.2 Å². The molecule has 1 aromatic carbocycles. The van der Waals surface area contributed by atoms with Crippen LogP contribution >= 0.6 is 0 Å². The molecule has 1 N–H and O–H groups in total. The van der Waals surface area contributed by atoms with Gasteiger partial charge in [0, 0.05) is 6.54 Å². The molecule has 0 radical (unpaired) electrons. The van der Waals surface area contributed by atoms with Gasteiger partial charge in [0.2, 0.25) is 0 Å². The third-order valence-corrected chi connectivity index (χ3v) is 2.85. The molecule has 2 aromatic rings. The number of halogens is 3. The lowest BCUT2D eigenvalue weighted by molar-refractivity contribution is -0.141. The largest absolute Gasteiger partial charge is 0.496 e. The van der Waals surface area contributed by atoms with Gasteiger partial charge in [-0.05, 0) is 30.2 Å². The first-order valence-corrected chi connectivity index (χ1v) is 6.27. The summed E-state index contributed by atoms with van der Waals surface area (Å²) in [5, 5.41) is 9.58. The number of hydrogen-bond acceptors (Lipinski definition) is 4. The van der Waals surface area contributed by atoms with Crippen LogP contribution in [0.5, 0.6) is 5.75 Å². The van der Waals surface area contributed by atoms with Gasteiger partial charge in [-0.3, -0.25) is 0 Å². The van der Waals surface area contributed by atoms with Crippen molar-refractivity contribution in [1.82, 2.24) is 10.2 Å². The quantitative estimate of drug-likeness (QED) is 0.921. The fourth-order valence-corrected chi connectivity index (χ4v) is 1.81. The highest BCUT2D eigenvalue weighted by molar-refractivity contribution is 5.36. The maximum absolute atomic E-state index is 12.3. The van der Waals surface area contributed by atoms with E-state index in [2.05, 4.69) is 15.5 Å². The molecule has 0 fully saturated rings. The summed E-state index contributed by atoms with van der Waals surface area (Å²) in [5.74, 6) is 1.08. The molecular weight excluding hydrogens is 283 g/mol. The minimum atomic E-state index is -4.47. The molecule has 0 aliphatic carbocycles. The van der Waals surface area contributed by atoms with Crippen molar-refractivity contribution in [2.24, 2.45) is 0 Å². The molecule has 7 heteroatoms. The minimum Gasteiger partial charge on any atom is -0.496 e. The molecule has 0 spiro atoms. The molecule has 1 aromatic heterocycles. The molecule has 0 saturated carbocycles. The first-order valence-electron chi connectivity index (χ1n) is 6.27. The number of anilines is 1. The van der Waals surface area contributed by atoms with E-state index in [0.717, 1.165) is 17.4 Å². The first kappa shape index (κ1) is 15.1. The molecule has 0 bridgehead atoms. The summed E-state index contributed by atoms with van der Waals surface area (Å²) in [6, 6.07) is 9.72. The van der Waals surface area contributed by atoms with Gasteiger partial charge >= 0.3 is 6.18 Å². The van der Waals surface area contributed by atoms with Gasteiger partial charge < -0.3 is 10.1 Å². The predicted octanol–water partition coefficient (Wildman–Crippen LogP) is 3.16. The first-order chi connectivity index (χ1) is 10.0. The van der Waals surface area contributed by atoms with Crippen molar-refractivity contribution >= 4 is 5.82 Å². The lowest BCUT2D eigenvalue weighted by Crippen LogP contribution is -2.12. The molecule has 0 aliphatic heterocycles. The molecule has 112 valence electrons. The van der Waals surface area contributed by atoms with Crippen LogP contribution in [0.3, 0.4) is 0 Å². The normalized spacial score (nSPS) is 11.2. The third-order valence-electron chi connectivity index (χ3n) is 2.85. The number of ether oxygens (including phenoxy) is 1. The van der Waals surface area contributed by atoms with E-state index in [0.29, 0.717) is 18.8 Å². The van der Waals surface area contributed by atoms with Gasteiger partial charge in [-0.2, -0.15) is 13.2 Å². The number of nitrogens with zero attached hydrogens (tertiary/aromatic N) is 2. The van der Waals surface area contributed by atoms with Crippen LogP contribution < -0.4 is 10.1 Å². The molecule has 21 heavy (non-hydrogen) atoms. The number of hydrogen-bond donors (Lipinski definition) is 1. The number of alkyl halides is 3. The Bertz CT molecular complexity index is 585. The van der Waals surface area contributed by atoms with E-state index < -0.39 is 11.9 Å². The Balaban J connectivity index is 1.92. The van der Waals surface area contributed by atoms with Gasteiger partial charge in [-0.1, -0.05) is 18.2 Å². The van der Waals surface area contributed by atoms with Gasteiger partial charge in [0.15, 0.2) is 5.69 Å². The van der Waals surface area contributed by atoms with Gasteiger partial charge in [0.1, 0.15) is 11.6 Å². The number of aromatic nitrogens is 2. The fourth-order valence-electron chi connectivity index (χ4n) is 1.81. The Morgan fingerprint density at radius 2 is 1.86 bits per heavy atom. The number of methoxy groups -OCH3 is 1. The van der Waals surface area contributed by atoms with E-state index in [4.69, 9.17) is 4.74 Å². The Labute approximate surface area is 120 Å². The van der Waals surface area contributed by atoms with E-state index in [1.807, 2.05) is 24.3 Å². The standard InChI is InChI=1S/C14H14F3N3O/c1-21-11-5-3-2-4-10(11)8-9-18-13-7-6-12(19-20-13)14(15,16)17/h2-7H,8-9H2,1H3,(H,18,20). The molecule has 0 atom stereocenters. The number of nitrogens with one attached hydrogen (secondary N) is 1. The van der Waals surface area contributed by atoms with Crippen LogP contribution in [0.1, 0.15) is 11.3 Å². The maximum Gasteiger partial charge on any atom is 0.435 e. The minimum absolute atomic E-state index is 0.304. The monoisotopic (exact) mass is 297 g/mol. The highest BCUT2D eigenvalue weighted by Crippen LogP contribution is 2.27. The lowest BCUT2D eigenvalue weighted by Gasteiger charge is -2.09. The van der Waals surface area contributed by atoms with Gasteiger partial charge in [0.05, 0.1) is 7.11 Å². The van der Waals surface area contributed by atoms with E-state index in [-0.39, 0.29) is 0 Å². The zero-order valence-corrected chi connectivity index (χ0v) is 11.3. The average Bonchev–Trinajstić information content (AvgIpc) is 2.47.